The number of nitrogens with one attached hydrogen (secondary N) is 1. The Labute approximate surface area is 109 Å². The number of rotatable bonds is 6. The highest BCUT2D eigenvalue weighted by Crippen LogP contribution is 2.00. The molecule has 0 aromatic heterocycles. The molecule has 2 rings (SSSR count). The zero-order chi connectivity index (χ0) is 12.5. The van der Waals surface area contributed by atoms with Crippen LogP contribution in [0.4, 0.5) is 0 Å². The Balaban J connectivity index is 1.63. The van der Waals surface area contributed by atoms with Crippen molar-refractivity contribution in [2.45, 2.75) is 6.42 Å². The summed E-state index contributed by atoms with van der Waals surface area (Å²) in [6.07, 6.45) is 5.40. The van der Waals surface area contributed by atoms with Gasteiger partial charge in [0.2, 0.25) is 0 Å². The molecule has 0 fully saturated rings. The fraction of sp³-hybridized carbons (Fsp3) is 0.176. The van der Waals surface area contributed by atoms with E-state index in [0.29, 0.717) is 0 Å². The first kappa shape index (κ1) is 12.6. The molecule has 0 radical (unpaired) electrons. The topological polar surface area (TPSA) is 12.0 Å². The first-order chi connectivity index (χ1) is 8.95. The van der Waals surface area contributed by atoms with Crippen LogP contribution in [0.5, 0.6) is 0 Å². The monoisotopic (exact) mass is 237 g/mol. The Morgan fingerprint density at radius 3 is 2.22 bits per heavy atom. The van der Waals surface area contributed by atoms with Gasteiger partial charge in [-0.1, -0.05) is 72.8 Å². The van der Waals surface area contributed by atoms with Gasteiger partial charge in [-0.05, 0) is 24.1 Å². The van der Waals surface area contributed by atoms with Crippen molar-refractivity contribution < 1.29 is 0 Å². The molecule has 0 atom stereocenters. The predicted octanol–water partition coefficient (Wildman–Crippen LogP) is 3.53. The summed E-state index contributed by atoms with van der Waals surface area (Å²) < 4.78 is 0. The largest absolute Gasteiger partial charge is 0.313 e. The molecule has 1 heteroatoms. The maximum Gasteiger partial charge on any atom is 0.0138 e. The Morgan fingerprint density at radius 1 is 0.833 bits per heavy atom. The third-order valence-corrected chi connectivity index (χ3v) is 2.81. The van der Waals surface area contributed by atoms with Gasteiger partial charge in [0.1, 0.15) is 0 Å². The summed E-state index contributed by atoms with van der Waals surface area (Å²) in [6, 6.07) is 20.9. The molecular weight excluding hydrogens is 218 g/mol. The van der Waals surface area contributed by atoms with E-state index < -0.39 is 0 Å². The maximum absolute atomic E-state index is 3.42. The molecule has 0 heterocycles. The molecule has 92 valence electrons. The number of hydrogen-bond acceptors (Lipinski definition) is 1. The minimum absolute atomic E-state index is 0.918. The third-order valence-electron chi connectivity index (χ3n) is 2.81. The van der Waals surface area contributed by atoms with E-state index in [-0.39, 0.29) is 0 Å². The SMILES string of the molecule is C(=Cc1ccccc1)CNCCc1ccccc1. The molecule has 0 bridgehead atoms. The summed E-state index contributed by atoms with van der Waals surface area (Å²) in [6.45, 7) is 1.94. The van der Waals surface area contributed by atoms with Crippen molar-refractivity contribution in [3.8, 4) is 0 Å². The Morgan fingerprint density at radius 2 is 1.50 bits per heavy atom. The van der Waals surface area contributed by atoms with E-state index in [1.165, 1.54) is 11.1 Å². The minimum Gasteiger partial charge on any atom is -0.313 e. The lowest BCUT2D eigenvalue weighted by molar-refractivity contribution is 0.745. The number of benzene rings is 2. The molecule has 1 nitrogen and oxygen atoms in total. The van der Waals surface area contributed by atoms with Gasteiger partial charge in [0.15, 0.2) is 0 Å². The maximum atomic E-state index is 3.42. The summed E-state index contributed by atoms with van der Waals surface area (Å²) in [5.41, 5.74) is 2.64. The Hall–Kier alpha value is -1.86. The zero-order valence-corrected chi connectivity index (χ0v) is 10.5. The fourth-order valence-corrected chi connectivity index (χ4v) is 1.82. The van der Waals surface area contributed by atoms with Gasteiger partial charge in [-0.25, -0.2) is 0 Å². The smallest absolute Gasteiger partial charge is 0.0138 e. The highest BCUT2D eigenvalue weighted by molar-refractivity contribution is 5.48. The van der Waals surface area contributed by atoms with Crippen LogP contribution in [0, 0.1) is 0 Å². The second-order valence-electron chi connectivity index (χ2n) is 4.25. The summed E-state index contributed by atoms with van der Waals surface area (Å²) >= 11 is 0. The van der Waals surface area contributed by atoms with Crippen LogP contribution in [-0.4, -0.2) is 13.1 Å². The van der Waals surface area contributed by atoms with Crippen molar-refractivity contribution >= 4 is 6.08 Å². The summed E-state index contributed by atoms with van der Waals surface area (Å²) in [7, 11) is 0. The van der Waals surface area contributed by atoms with E-state index in [9.17, 15) is 0 Å². The first-order valence-electron chi connectivity index (χ1n) is 6.41. The molecule has 0 aliphatic carbocycles. The van der Waals surface area contributed by atoms with Crippen molar-refractivity contribution in [3.05, 3.63) is 77.9 Å². The van der Waals surface area contributed by atoms with E-state index in [1.54, 1.807) is 0 Å². The third kappa shape index (κ3) is 4.56. The molecule has 1 N–H and O–H groups in total. The minimum atomic E-state index is 0.918. The van der Waals surface area contributed by atoms with Gasteiger partial charge in [-0.3, -0.25) is 0 Å². The molecule has 0 aliphatic heterocycles. The second kappa shape index (κ2) is 7.46. The number of hydrogen-bond donors (Lipinski definition) is 1. The molecular formula is C17H19N. The summed E-state index contributed by atoms with van der Waals surface area (Å²) in [5.74, 6) is 0. The highest BCUT2D eigenvalue weighted by atomic mass is 14.8. The Bertz CT molecular complexity index is 459. The molecule has 0 spiro atoms. The average Bonchev–Trinajstić information content (AvgIpc) is 2.45. The molecule has 0 saturated heterocycles. The van der Waals surface area contributed by atoms with Crippen LogP contribution in [0.25, 0.3) is 6.08 Å². The van der Waals surface area contributed by atoms with Crippen LogP contribution in [0.1, 0.15) is 11.1 Å². The molecule has 2 aromatic rings. The molecule has 0 amide bonds. The van der Waals surface area contributed by atoms with E-state index in [2.05, 4.69) is 72.1 Å². The van der Waals surface area contributed by atoms with Gasteiger partial charge in [0.25, 0.3) is 0 Å². The normalized spacial score (nSPS) is 10.9. The van der Waals surface area contributed by atoms with Gasteiger partial charge in [0, 0.05) is 6.54 Å². The molecule has 0 aliphatic rings. The zero-order valence-electron chi connectivity index (χ0n) is 10.5. The quantitative estimate of drug-likeness (QED) is 0.758. The second-order valence-corrected chi connectivity index (χ2v) is 4.25. The van der Waals surface area contributed by atoms with Crippen molar-refractivity contribution in [1.29, 1.82) is 0 Å². The van der Waals surface area contributed by atoms with Gasteiger partial charge in [-0.15, -0.1) is 0 Å². The van der Waals surface area contributed by atoms with E-state index in [4.69, 9.17) is 0 Å². The van der Waals surface area contributed by atoms with Crippen LogP contribution in [0.15, 0.2) is 66.7 Å². The lowest BCUT2D eigenvalue weighted by Gasteiger charge is -2.01. The van der Waals surface area contributed by atoms with Crippen LogP contribution < -0.4 is 5.32 Å². The molecule has 18 heavy (non-hydrogen) atoms. The molecule has 2 aromatic carbocycles. The van der Waals surface area contributed by atoms with E-state index >= 15 is 0 Å². The summed E-state index contributed by atoms with van der Waals surface area (Å²) in [4.78, 5) is 0. The van der Waals surface area contributed by atoms with Crippen molar-refractivity contribution in [1.82, 2.24) is 5.32 Å². The average molecular weight is 237 g/mol. The van der Waals surface area contributed by atoms with E-state index in [0.717, 1.165) is 19.5 Å². The molecule has 0 saturated carbocycles. The van der Waals surface area contributed by atoms with Crippen LogP contribution in [-0.2, 0) is 6.42 Å². The predicted molar refractivity (Wildman–Crippen MR) is 78.5 cm³/mol. The molecule has 0 unspecified atom stereocenters. The highest BCUT2D eigenvalue weighted by Gasteiger charge is 1.89. The Kier molecular flexibility index (Phi) is 5.22. The van der Waals surface area contributed by atoms with Crippen LogP contribution in [0.3, 0.4) is 0 Å². The first-order valence-corrected chi connectivity index (χ1v) is 6.41. The lowest BCUT2D eigenvalue weighted by atomic mass is 10.1. The van der Waals surface area contributed by atoms with Crippen molar-refractivity contribution in [3.63, 3.8) is 0 Å². The standard InChI is InChI=1S/C17H19N/c1-3-8-16(9-4-1)12-7-14-18-15-13-17-10-5-2-6-11-17/h1-12,18H,13-15H2. The van der Waals surface area contributed by atoms with Crippen molar-refractivity contribution in [2.24, 2.45) is 0 Å². The van der Waals surface area contributed by atoms with Gasteiger partial charge in [-0.2, -0.15) is 0 Å². The van der Waals surface area contributed by atoms with Gasteiger partial charge < -0.3 is 5.32 Å². The summed E-state index contributed by atoms with van der Waals surface area (Å²) in [5, 5.41) is 3.42. The van der Waals surface area contributed by atoms with Crippen LogP contribution >= 0.6 is 0 Å². The lowest BCUT2D eigenvalue weighted by Crippen LogP contribution is -2.16. The fourth-order valence-electron chi connectivity index (χ4n) is 1.82. The van der Waals surface area contributed by atoms with Gasteiger partial charge in [0.05, 0.1) is 0 Å². The van der Waals surface area contributed by atoms with Gasteiger partial charge >= 0.3 is 0 Å². The van der Waals surface area contributed by atoms with Crippen molar-refractivity contribution in [2.75, 3.05) is 13.1 Å². The van der Waals surface area contributed by atoms with Crippen LogP contribution in [0.2, 0.25) is 0 Å². The van der Waals surface area contributed by atoms with E-state index in [1.807, 2.05) is 6.07 Å².